The van der Waals surface area contributed by atoms with Gasteiger partial charge in [0.25, 0.3) is 0 Å². The molecule has 4 nitrogen and oxygen atoms in total. The van der Waals surface area contributed by atoms with E-state index in [1.165, 1.54) is 5.56 Å². The van der Waals surface area contributed by atoms with E-state index in [1.54, 1.807) is 11.8 Å². The molecule has 0 amide bonds. The van der Waals surface area contributed by atoms with Crippen LogP contribution in [-0.4, -0.2) is 9.97 Å². The Morgan fingerprint density at radius 1 is 0.967 bits per heavy atom. The van der Waals surface area contributed by atoms with E-state index < -0.39 is 0 Å². The molecule has 0 spiro atoms. The van der Waals surface area contributed by atoms with Gasteiger partial charge < -0.3 is 9.73 Å². The lowest BCUT2D eigenvalue weighted by Gasteiger charge is -2.14. The highest BCUT2D eigenvalue weighted by Gasteiger charge is 2.12. The summed E-state index contributed by atoms with van der Waals surface area (Å²) >= 11 is 1.72. The van der Waals surface area contributed by atoms with Crippen LogP contribution >= 0.6 is 11.8 Å². The van der Waals surface area contributed by atoms with Crippen LogP contribution in [-0.2, 0) is 6.42 Å². The topological polar surface area (TPSA) is 51.0 Å². The number of anilines is 2. The number of hydrogen-bond donors (Lipinski definition) is 1. The van der Waals surface area contributed by atoms with Crippen LogP contribution in [0.25, 0.3) is 11.0 Å². The maximum Gasteiger partial charge on any atom is 0.161 e. The molecule has 30 heavy (non-hydrogen) atoms. The minimum atomic E-state index is 0.568. The summed E-state index contributed by atoms with van der Waals surface area (Å²) < 4.78 is 5.71. The molecule has 0 fully saturated rings. The van der Waals surface area contributed by atoms with Crippen molar-refractivity contribution in [3.63, 3.8) is 0 Å². The van der Waals surface area contributed by atoms with E-state index in [0.29, 0.717) is 5.92 Å². The molecule has 3 heterocycles. The second kappa shape index (κ2) is 8.52. The van der Waals surface area contributed by atoms with Crippen molar-refractivity contribution in [2.24, 2.45) is 5.92 Å². The molecule has 0 saturated heterocycles. The van der Waals surface area contributed by atoms with Gasteiger partial charge in [-0.15, -0.1) is 0 Å². The molecule has 0 unspecified atom stereocenters. The van der Waals surface area contributed by atoms with Gasteiger partial charge in [0.15, 0.2) is 5.65 Å². The smallest absolute Gasteiger partial charge is 0.161 e. The molecule has 1 aromatic carbocycles. The molecule has 0 aliphatic heterocycles. The summed E-state index contributed by atoms with van der Waals surface area (Å²) in [4.78, 5) is 11.6. The molecule has 0 aliphatic carbocycles. The van der Waals surface area contributed by atoms with Crippen molar-refractivity contribution in [1.82, 2.24) is 9.97 Å². The third-order valence-corrected chi connectivity index (χ3v) is 6.10. The van der Waals surface area contributed by atoms with E-state index >= 15 is 0 Å². The molecule has 0 saturated carbocycles. The maximum atomic E-state index is 5.71. The minimum absolute atomic E-state index is 0.568. The van der Waals surface area contributed by atoms with Crippen LogP contribution < -0.4 is 5.32 Å². The highest BCUT2D eigenvalue weighted by Crippen LogP contribution is 2.39. The summed E-state index contributed by atoms with van der Waals surface area (Å²) in [5, 5.41) is 4.66. The molecule has 0 atom stereocenters. The molecule has 4 aromatic rings. The normalized spacial score (nSPS) is 11.4. The Hall–Kier alpha value is -2.79. The molecule has 1 N–H and O–H groups in total. The van der Waals surface area contributed by atoms with Crippen LogP contribution in [0, 0.1) is 26.7 Å². The van der Waals surface area contributed by atoms with Gasteiger partial charge >= 0.3 is 0 Å². The van der Waals surface area contributed by atoms with Crippen molar-refractivity contribution in [1.29, 1.82) is 0 Å². The monoisotopic (exact) mass is 417 g/mol. The second-order valence-electron chi connectivity index (χ2n) is 8.13. The summed E-state index contributed by atoms with van der Waals surface area (Å²) in [5.74, 6) is 2.44. The number of furan rings is 1. The molecule has 0 bridgehead atoms. The predicted octanol–water partition coefficient (Wildman–Crippen LogP) is 7.24. The summed E-state index contributed by atoms with van der Waals surface area (Å²) in [6.07, 6.45) is 2.78. The fraction of sp³-hybridized carbons (Fsp3) is 0.280. The molecule has 3 aromatic heterocycles. The first-order valence-electron chi connectivity index (χ1n) is 10.3. The number of pyridine rings is 2. The maximum absolute atomic E-state index is 5.71. The number of rotatable bonds is 6. The first-order valence-corrected chi connectivity index (χ1v) is 11.1. The van der Waals surface area contributed by atoms with E-state index in [2.05, 4.69) is 67.5 Å². The number of nitrogens with one attached hydrogen (secondary N) is 1. The number of benzene rings is 1. The van der Waals surface area contributed by atoms with Crippen LogP contribution in [0.4, 0.5) is 11.4 Å². The average molecular weight is 418 g/mol. The van der Waals surface area contributed by atoms with Crippen molar-refractivity contribution in [2.75, 3.05) is 5.32 Å². The SMILES string of the molecule is Cc1ccc(Sc2cc(C)oc2C)c(Nc2ccnc3nc(CC(C)C)ccc23)c1. The fourth-order valence-corrected chi connectivity index (χ4v) is 4.52. The molecular formula is C25H27N3OS. The quantitative estimate of drug-likeness (QED) is 0.358. The van der Waals surface area contributed by atoms with Gasteiger partial charge in [-0.25, -0.2) is 9.97 Å². The summed E-state index contributed by atoms with van der Waals surface area (Å²) in [7, 11) is 0. The van der Waals surface area contributed by atoms with E-state index in [1.807, 2.05) is 26.1 Å². The lowest BCUT2D eigenvalue weighted by Crippen LogP contribution is -2.00. The number of nitrogens with zero attached hydrogens (tertiary/aromatic N) is 2. The van der Waals surface area contributed by atoms with Crippen molar-refractivity contribution < 1.29 is 4.42 Å². The van der Waals surface area contributed by atoms with Gasteiger partial charge in [0.1, 0.15) is 11.5 Å². The third kappa shape index (κ3) is 4.51. The van der Waals surface area contributed by atoms with Gasteiger partial charge in [-0.1, -0.05) is 31.7 Å². The van der Waals surface area contributed by atoms with Crippen molar-refractivity contribution in [3.05, 3.63) is 71.4 Å². The average Bonchev–Trinajstić information content (AvgIpc) is 3.00. The first kappa shape index (κ1) is 20.5. The van der Waals surface area contributed by atoms with Gasteiger partial charge in [0.05, 0.1) is 16.3 Å². The summed E-state index contributed by atoms with van der Waals surface area (Å²) in [5.41, 5.74) is 5.15. The number of aromatic nitrogens is 2. The van der Waals surface area contributed by atoms with Gasteiger partial charge in [-0.2, -0.15) is 0 Å². The van der Waals surface area contributed by atoms with Gasteiger partial charge in [-0.3, -0.25) is 0 Å². The second-order valence-corrected chi connectivity index (χ2v) is 9.22. The van der Waals surface area contributed by atoms with E-state index in [0.717, 1.165) is 55.8 Å². The van der Waals surface area contributed by atoms with Crippen LogP contribution in [0.15, 0.2) is 62.9 Å². The van der Waals surface area contributed by atoms with Gasteiger partial charge in [0.2, 0.25) is 0 Å². The lowest BCUT2D eigenvalue weighted by atomic mass is 10.1. The van der Waals surface area contributed by atoms with E-state index in [9.17, 15) is 0 Å². The Labute approximate surface area is 182 Å². The van der Waals surface area contributed by atoms with E-state index in [4.69, 9.17) is 9.40 Å². The lowest BCUT2D eigenvalue weighted by molar-refractivity contribution is 0.498. The standard InChI is InChI=1S/C25H27N3OS/c1-15(2)12-19-7-8-20-21(10-11-26-25(20)27-19)28-22-13-16(3)6-9-23(22)30-24-14-17(4)29-18(24)5/h6-11,13-15H,12H2,1-5H3,(H,26,27,28). The Morgan fingerprint density at radius 2 is 1.80 bits per heavy atom. The molecular weight excluding hydrogens is 390 g/mol. The molecule has 154 valence electrons. The summed E-state index contributed by atoms with van der Waals surface area (Å²) in [6, 6.07) is 14.8. The van der Waals surface area contributed by atoms with Crippen LogP contribution in [0.3, 0.4) is 0 Å². The van der Waals surface area contributed by atoms with Crippen LogP contribution in [0.5, 0.6) is 0 Å². The summed E-state index contributed by atoms with van der Waals surface area (Å²) in [6.45, 7) is 10.5. The molecule has 5 heteroatoms. The predicted molar refractivity (Wildman–Crippen MR) is 125 cm³/mol. The Morgan fingerprint density at radius 3 is 2.53 bits per heavy atom. The van der Waals surface area contributed by atoms with Crippen molar-refractivity contribution >= 4 is 34.2 Å². The van der Waals surface area contributed by atoms with Crippen molar-refractivity contribution in [3.8, 4) is 0 Å². The largest absolute Gasteiger partial charge is 0.465 e. The minimum Gasteiger partial charge on any atom is -0.465 e. The van der Waals surface area contributed by atoms with Gasteiger partial charge in [0, 0.05) is 22.2 Å². The van der Waals surface area contributed by atoms with Crippen LogP contribution in [0.2, 0.25) is 0 Å². The number of hydrogen-bond acceptors (Lipinski definition) is 5. The van der Waals surface area contributed by atoms with Crippen molar-refractivity contribution in [2.45, 2.75) is 50.8 Å². The Balaban J connectivity index is 1.69. The first-order chi connectivity index (χ1) is 14.4. The Kier molecular flexibility index (Phi) is 5.82. The highest BCUT2D eigenvalue weighted by molar-refractivity contribution is 7.99. The molecule has 0 radical (unpaired) electrons. The molecule has 4 rings (SSSR count). The van der Waals surface area contributed by atoms with Gasteiger partial charge in [-0.05, 0) is 75.1 Å². The third-order valence-electron chi connectivity index (χ3n) is 4.90. The fourth-order valence-electron chi connectivity index (χ4n) is 3.51. The number of aryl methyl sites for hydroxylation is 3. The van der Waals surface area contributed by atoms with E-state index in [-0.39, 0.29) is 0 Å². The molecule has 0 aliphatic rings. The number of fused-ring (bicyclic) bond motifs is 1. The zero-order valence-corrected chi connectivity index (χ0v) is 18.9. The zero-order valence-electron chi connectivity index (χ0n) is 18.1. The van der Waals surface area contributed by atoms with Crippen LogP contribution in [0.1, 0.15) is 36.6 Å². The Bertz CT molecular complexity index is 1200. The zero-order chi connectivity index (χ0) is 21.3. The highest BCUT2D eigenvalue weighted by atomic mass is 32.2.